The van der Waals surface area contributed by atoms with E-state index in [-0.39, 0.29) is 0 Å². The summed E-state index contributed by atoms with van der Waals surface area (Å²) in [5, 5.41) is 0. The normalized spacial score (nSPS) is 10.8. The van der Waals surface area contributed by atoms with Crippen LogP contribution in [-0.4, -0.2) is 12.1 Å². The van der Waals surface area contributed by atoms with Crippen molar-refractivity contribution in [1.29, 1.82) is 0 Å². The molecule has 0 fully saturated rings. The first-order valence-corrected chi connectivity index (χ1v) is 6.52. The molecule has 20 heavy (non-hydrogen) atoms. The summed E-state index contributed by atoms with van der Waals surface area (Å²) >= 11 is 0. The van der Waals surface area contributed by atoms with E-state index in [1.807, 2.05) is 30.3 Å². The van der Waals surface area contributed by atoms with Crippen molar-refractivity contribution in [3.05, 3.63) is 53.9 Å². The first-order valence-electron chi connectivity index (χ1n) is 6.52. The van der Waals surface area contributed by atoms with E-state index in [2.05, 4.69) is 17.1 Å². The molecule has 2 aromatic carbocycles. The lowest BCUT2D eigenvalue weighted by Crippen LogP contribution is -1.91. The zero-order chi connectivity index (χ0) is 13.9. The summed E-state index contributed by atoms with van der Waals surface area (Å²) in [5.74, 6) is 1.60. The third kappa shape index (κ3) is 2.59. The van der Waals surface area contributed by atoms with E-state index in [4.69, 9.17) is 14.9 Å². The van der Waals surface area contributed by atoms with Crippen LogP contribution < -0.4 is 10.5 Å². The fraction of sp³-hybridized carbons (Fsp3) is 0.188. The van der Waals surface area contributed by atoms with Crippen molar-refractivity contribution in [2.24, 2.45) is 0 Å². The monoisotopic (exact) mass is 268 g/mol. The molecule has 102 valence electrons. The van der Waals surface area contributed by atoms with Crippen molar-refractivity contribution in [3.63, 3.8) is 0 Å². The van der Waals surface area contributed by atoms with E-state index < -0.39 is 0 Å². The van der Waals surface area contributed by atoms with Crippen LogP contribution in [0.2, 0.25) is 0 Å². The second-order valence-electron chi connectivity index (χ2n) is 4.68. The van der Waals surface area contributed by atoms with Crippen molar-refractivity contribution >= 4 is 16.8 Å². The molecule has 3 aromatic rings. The van der Waals surface area contributed by atoms with Gasteiger partial charge in [0.15, 0.2) is 11.5 Å². The molecule has 0 bridgehead atoms. The molecule has 0 saturated carbocycles. The van der Waals surface area contributed by atoms with Gasteiger partial charge in [0.05, 0.1) is 7.11 Å². The molecule has 0 radical (unpaired) electrons. The van der Waals surface area contributed by atoms with Gasteiger partial charge in [0.25, 0.3) is 0 Å². The number of rotatable bonds is 4. The third-order valence-electron chi connectivity index (χ3n) is 3.24. The van der Waals surface area contributed by atoms with E-state index in [9.17, 15) is 0 Å². The van der Waals surface area contributed by atoms with Crippen LogP contribution in [0.3, 0.4) is 0 Å². The van der Waals surface area contributed by atoms with Gasteiger partial charge in [0, 0.05) is 12.1 Å². The van der Waals surface area contributed by atoms with Crippen molar-refractivity contribution in [2.45, 2.75) is 12.8 Å². The van der Waals surface area contributed by atoms with E-state index >= 15 is 0 Å². The van der Waals surface area contributed by atoms with Crippen LogP contribution in [0.15, 0.2) is 46.9 Å². The number of methoxy groups -OCH3 is 1. The molecule has 0 aliphatic carbocycles. The van der Waals surface area contributed by atoms with Gasteiger partial charge in [0.2, 0.25) is 0 Å². The van der Waals surface area contributed by atoms with Gasteiger partial charge in [-0.15, -0.1) is 0 Å². The van der Waals surface area contributed by atoms with Crippen molar-refractivity contribution < 1.29 is 9.15 Å². The molecule has 0 aliphatic rings. The zero-order valence-corrected chi connectivity index (χ0v) is 11.3. The predicted molar refractivity (Wildman–Crippen MR) is 78.8 cm³/mol. The molecular formula is C16H16N2O2. The van der Waals surface area contributed by atoms with Gasteiger partial charge < -0.3 is 14.9 Å². The van der Waals surface area contributed by atoms with E-state index in [1.54, 1.807) is 7.11 Å². The Morgan fingerprint density at radius 1 is 1.10 bits per heavy atom. The van der Waals surface area contributed by atoms with E-state index in [1.165, 1.54) is 5.56 Å². The number of nitrogen functional groups attached to an aromatic ring is 1. The molecule has 0 saturated heterocycles. The Hall–Kier alpha value is -2.49. The molecule has 0 spiro atoms. The molecule has 1 aromatic heterocycles. The highest BCUT2D eigenvalue weighted by molar-refractivity contribution is 5.76. The Morgan fingerprint density at radius 2 is 1.90 bits per heavy atom. The minimum absolute atomic E-state index is 0.701. The maximum Gasteiger partial charge on any atom is 0.195 e. The molecule has 4 heteroatoms. The molecule has 4 nitrogen and oxygen atoms in total. The van der Waals surface area contributed by atoms with Crippen LogP contribution in [0.4, 0.5) is 5.69 Å². The highest BCUT2D eigenvalue weighted by Gasteiger charge is 2.06. The van der Waals surface area contributed by atoms with Crippen LogP contribution in [-0.2, 0) is 12.8 Å². The maximum absolute atomic E-state index is 5.73. The van der Waals surface area contributed by atoms with Gasteiger partial charge in [-0.2, -0.15) is 0 Å². The van der Waals surface area contributed by atoms with Crippen molar-refractivity contribution in [3.8, 4) is 5.75 Å². The predicted octanol–water partition coefficient (Wildman–Crippen LogP) is 3.20. The SMILES string of the molecule is COc1ccc(CCc2nc3cc(N)ccc3o2)cc1. The second kappa shape index (κ2) is 5.25. The molecule has 2 N–H and O–H groups in total. The number of ether oxygens (including phenoxy) is 1. The average molecular weight is 268 g/mol. The summed E-state index contributed by atoms with van der Waals surface area (Å²) in [6.45, 7) is 0. The number of nitrogens with two attached hydrogens (primary N) is 1. The smallest absolute Gasteiger partial charge is 0.195 e. The first-order chi connectivity index (χ1) is 9.74. The Labute approximate surface area is 117 Å². The fourth-order valence-electron chi connectivity index (χ4n) is 2.14. The van der Waals surface area contributed by atoms with E-state index in [0.717, 1.165) is 35.6 Å². The molecule has 0 atom stereocenters. The minimum Gasteiger partial charge on any atom is -0.497 e. The summed E-state index contributed by atoms with van der Waals surface area (Å²) in [6, 6.07) is 13.5. The summed E-state index contributed by atoms with van der Waals surface area (Å²) in [7, 11) is 1.67. The van der Waals surface area contributed by atoms with Gasteiger partial charge in [-0.1, -0.05) is 12.1 Å². The summed E-state index contributed by atoms with van der Waals surface area (Å²) in [4.78, 5) is 4.45. The minimum atomic E-state index is 0.701. The van der Waals surface area contributed by atoms with E-state index in [0.29, 0.717) is 5.69 Å². The number of nitrogens with zero attached hydrogens (tertiary/aromatic N) is 1. The molecular weight excluding hydrogens is 252 g/mol. The Balaban J connectivity index is 1.72. The second-order valence-corrected chi connectivity index (χ2v) is 4.68. The number of aryl methyl sites for hydroxylation is 2. The third-order valence-corrected chi connectivity index (χ3v) is 3.24. The zero-order valence-electron chi connectivity index (χ0n) is 11.3. The van der Waals surface area contributed by atoms with Crippen LogP contribution in [0, 0.1) is 0 Å². The summed E-state index contributed by atoms with van der Waals surface area (Å²) in [5.41, 5.74) is 9.26. The molecule has 0 aliphatic heterocycles. The Bertz CT molecular complexity index is 717. The quantitative estimate of drug-likeness (QED) is 0.738. The number of benzene rings is 2. The lowest BCUT2D eigenvalue weighted by molar-refractivity contribution is 0.414. The summed E-state index contributed by atoms with van der Waals surface area (Å²) < 4.78 is 10.8. The van der Waals surface area contributed by atoms with Crippen molar-refractivity contribution in [1.82, 2.24) is 4.98 Å². The lowest BCUT2D eigenvalue weighted by Gasteiger charge is -2.01. The number of anilines is 1. The highest BCUT2D eigenvalue weighted by Crippen LogP contribution is 2.19. The van der Waals surface area contributed by atoms with Gasteiger partial charge >= 0.3 is 0 Å². The topological polar surface area (TPSA) is 61.3 Å². The number of hydrogen-bond donors (Lipinski definition) is 1. The maximum atomic E-state index is 5.73. The van der Waals surface area contributed by atoms with Crippen LogP contribution in [0.5, 0.6) is 5.75 Å². The number of aromatic nitrogens is 1. The molecule has 0 amide bonds. The lowest BCUT2D eigenvalue weighted by atomic mass is 10.1. The highest BCUT2D eigenvalue weighted by atomic mass is 16.5. The first kappa shape index (κ1) is 12.5. The summed E-state index contributed by atoms with van der Waals surface area (Å²) in [6.07, 6.45) is 1.65. The van der Waals surface area contributed by atoms with Crippen LogP contribution >= 0.6 is 0 Å². The molecule has 0 unspecified atom stereocenters. The van der Waals surface area contributed by atoms with Gasteiger partial charge in [0.1, 0.15) is 11.3 Å². The molecule has 3 rings (SSSR count). The van der Waals surface area contributed by atoms with Gasteiger partial charge in [-0.3, -0.25) is 0 Å². The fourth-order valence-corrected chi connectivity index (χ4v) is 2.14. The Kier molecular flexibility index (Phi) is 3.29. The number of fused-ring (bicyclic) bond motifs is 1. The van der Waals surface area contributed by atoms with Crippen LogP contribution in [0.1, 0.15) is 11.5 Å². The Morgan fingerprint density at radius 3 is 2.65 bits per heavy atom. The van der Waals surface area contributed by atoms with Gasteiger partial charge in [-0.05, 0) is 42.3 Å². The molecule has 1 heterocycles. The largest absolute Gasteiger partial charge is 0.497 e. The van der Waals surface area contributed by atoms with Gasteiger partial charge in [-0.25, -0.2) is 4.98 Å². The standard InChI is InChI=1S/C16H16N2O2/c1-19-13-6-2-11(3-7-13)4-9-16-18-14-10-12(17)5-8-15(14)20-16/h2-3,5-8,10H,4,9,17H2,1H3. The number of hydrogen-bond acceptors (Lipinski definition) is 4. The van der Waals surface area contributed by atoms with Crippen molar-refractivity contribution in [2.75, 3.05) is 12.8 Å². The number of oxazole rings is 1. The average Bonchev–Trinajstić information content (AvgIpc) is 2.87. The van der Waals surface area contributed by atoms with Crippen LogP contribution in [0.25, 0.3) is 11.1 Å².